The number of pyridine rings is 1. The Morgan fingerprint density at radius 3 is 2.95 bits per heavy atom. The second-order valence-electron chi connectivity index (χ2n) is 3.80. The van der Waals surface area contributed by atoms with Crippen LogP contribution in [0.25, 0.3) is 20.3 Å². The van der Waals surface area contributed by atoms with Crippen molar-refractivity contribution in [2.24, 2.45) is 0 Å². The fourth-order valence-corrected chi connectivity index (χ4v) is 3.25. The summed E-state index contributed by atoms with van der Waals surface area (Å²) in [6.07, 6.45) is 0. The topological polar surface area (TPSA) is 79.8 Å². The molecule has 0 amide bonds. The largest absolute Gasteiger partial charge is 0.287 e. The maximum atomic E-state index is 11.0. The van der Waals surface area contributed by atoms with Crippen molar-refractivity contribution in [1.82, 2.24) is 4.98 Å². The number of rotatable bonds is 1. The number of nitro benzene ring substituents is 1. The van der Waals surface area contributed by atoms with Gasteiger partial charge in [-0.05, 0) is 6.07 Å². The number of nitrogens with zero attached hydrogens (tertiary/aromatic N) is 3. The summed E-state index contributed by atoms with van der Waals surface area (Å²) >= 11 is 7.14. The van der Waals surface area contributed by atoms with Crippen LogP contribution in [0.4, 0.5) is 5.69 Å². The first-order valence-electron chi connectivity index (χ1n) is 5.18. The van der Waals surface area contributed by atoms with E-state index in [1.807, 2.05) is 6.07 Å². The van der Waals surface area contributed by atoms with Crippen molar-refractivity contribution in [3.05, 3.63) is 45.1 Å². The molecule has 19 heavy (non-hydrogen) atoms. The van der Waals surface area contributed by atoms with Crippen LogP contribution in [0.3, 0.4) is 0 Å². The predicted molar refractivity (Wildman–Crippen MR) is 73.5 cm³/mol. The monoisotopic (exact) mass is 289 g/mol. The molecule has 3 aromatic rings. The first kappa shape index (κ1) is 11.8. The molecule has 1 aromatic carbocycles. The van der Waals surface area contributed by atoms with Crippen LogP contribution >= 0.6 is 22.9 Å². The normalized spacial score (nSPS) is 10.7. The Kier molecular flexibility index (Phi) is 2.59. The lowest BCUT2D eigenvalue weighted by Crippen LogP contribution is -1.87. The zero-order chi connectivity index (χ0) is 13.6. The van der Waals surface area contributed by atoms with Gasteiger partial charge in [-0.3, -0.25) is 10.1 Å². The molecule has 0 aliphatic carbocycles. The summed E-state index contributed by atoms with van der Waals surface area (Å²) in [5.74, 6) is 0. The number of nitro groups is 1. The predicted octanol–water partition coefficient (Wildman–Crippen LogP) is 3.88. The molecule has 2 heterocycles. The Morgan fingerprint density at radius 1 is 1.47 bits per heavy atom. The van der Waals surface area contributed by atoms with Crippen molar-refractivity contribution in [3.8, 4) is 6.07 Å². The Balaban J connectivity index is 2.49. The molecule has 0 spiro atoms. The van der Waals surface area contributed by atoms with Gasteiger partial charge in [0.05, 0.1) is 20.7 Å². The fourth-order valence-electron chi connectivity index (χ4n) is 1.89. The van der Waals surface area contributed by atoms with Crippen LogP contribution < -0.4 is 0 Å². The van der Waals surface area contributed by atoms with Crippen molar-refractivity contribution in [2.75, 3.05) is 0 Å². The van der Waals surface area contributed by atoms with Crippen LogP contribution in [0.5, 0.6) is 0 Å². The van der Waals surface area contributed by atoms with Gasteiger partial charge in [0.2, 0.25) is 0 Å². The average molecular weight is 290 g/mol. The highest BCUT2D eigenvalue weighted by Crippen LogP contribution is 2.39. The Morgan fingerprint density at radius 2 is 2.26 bits per heavy atom. The highest BCUT2D eigenvalue weighted by molar-refractivity contribution is 7.26. The van der Waals surface area contributed by atoms with Crippen molar-refractivity contribution >= 4 is 48.9 Å². The number of benzene rings is 1. The molecule has 0 N–H and O–H groups in total. The van der Waals surface area contributed by atoms with Crippen LogP contribution in [0.2, 0.25) is 5.15 Å². The quantitative estimate of drug-likeness (QED) is 0.387. The molecule has 0 radical (unpaired) electrons. The number of hydrogen-bond donors (Lipinski definition) is 0. The number of aromatic nitrogens is 1. The molecule has 0 aliphatic rings. The van der Waals surface area contributed by atoms with Gasteiger partial charge in [0.25, 0.3) is 5.69 Å². The van der Waals surface area contributed by atoms with E-state index in [1.54, 1.807) is 18.2 Å². The summed E-state index contributed by atoms with van der Waals surface area (Å²) in [6, 6.07) is 8.38. The average Bonchev–Trinajstić information content (AvgIpc) is 2.75. The van der Waals surface area contributed by atoms with E-state index in [0.717, 1.165) is 0 Å². The molecule has 0 unspecified atom stereocenters. The molecule has 92 valence electrons. The first-order valence-corrected chi connectivity index (χ1v) is 6.37. The third-order valence-electron chi connectivity index (χ3n) is 2.72. The molecule has 7 heteroatoms. The van der Waals surface area contributed by atoms with E-state index in [9.17, 15) is 10.1 Å². The van der Waals surface area contributed by atoms with Gasteiger partial charge >= 0.3 is 0 Å². The molecule has 0 saturated carbocycles. The highest BCUT2D eigenvalue weighted by Gasteiger charge is 2.18. The molecule has 0 saturated heterocycles. The highest BCUT2D eigenvalue weighted by atomic mass is 35.5. The lowest BCUT2D eigenvalue weighted by Gasteiger charge is -1.95. The van der Waals surface area contributed by atoms with E-state index in [1.165, 1.54) is 17.4 Å². The molecule has 0 aliphatic heterocycles. The number of thiophene rings is 1. The second-order valence-corrected chi connectivity index (χ2v) is 5.21. The standard InChI is InChI=1S/C12H4ClN3O2S/c13-12-6(5-14)4-9-10(15-12)7-2-1-3-8(16(17)18)11(7)19-9/h1-4H. The number of hydrogen-bond acceptors (Lipinski definition) is 5. The van der Waals surface area contributed by atoms with E-state index in [-0.39, 0.29) is 16.4 Å². The first-order chi connectivity index (χ1) is 9.11. The second kappa shape index (κ2) is 4.16. The summed E-state index contributed by atoms with van der Waals surface area (Å²) in [5, 5.41) is 20.7. The van der Waals surface area contributed by atoms with Crippen molar-refractivity contribution in [3.63, 3.8) is 0 Å². The van der Waals surface area contributed by atoms with Gasteiger partial charge in [0.15, 0.2) is 0 Å². The minimum absolute atomic E-state index is 0.0372. The van der Waals surface area contributed by atoms with E-state index in [2.05, 4.69) is 4.98 Å². The van der Waals surface area contributed by atoms with Crippen LogP contribution in [-0.2, 0) is 0 Å². The smallest absolute Gasteiger partial charge is 0.258 e. The van der Waals surface area contributed by atoms with Gasteiger partial charge in [0.1, 0.15) is 15.9 Å². The minimum atomic E-state index is -0.426. The summed E-state index contributed by atoms with van der Waals surface area (Å²) in [6.45, 7) is 0. The van der Waals surface area contributed by atoms with Crippen molar-refractivity contribution in [2.45, 2.75) is 0 Å². The van der Waals surface area contributed by atoms with Crippen LogP contribution in [0.1, 0.15) is 5.56 Å². The minimum Gasteiger partial charge on any atom is -0.258 e. The summed E-state index contributed by atoms with van der Waals surface area (Å²) in [4.78, 5) is 14.7. The molecule has 0 bridgehead atoms. The van der Waals surface area contributed by atoms with Crippen LogP contribution in [0.15, 0.2) is 24.3 Å². The van der Waals surface area contributed by atoms with Crippen LogP contribution in [-0.4, -0.2) is 9.91 Å². The van der Waals surface area contributed by atoms with Gasteiger partial charge in [-0.2, -0.15) is 5.26 Å². The lowest BCUT2D eigenvalue weighted by atomic mass is 10.2. The number of halogens is 1. The Hall–Kier alpha value is -2.23. The van der Waals surface area contributed by atoms with E-state index < -0.39 is 4.92 Å². The van der Waals surface area contributed by atoms with Gasteiger partial charge in [-0.25, -0.2) is 4.98 Å². The van der Waals surface area contributed by atoms with Crippen LogP contribution in [0, 0.1) is 21.4 Å². The maximum absolute atomic E-state index is 11.0. The zero-order valence-corrected chi connectivity index (χ0v) is 10.8. The zero-order valence-electron chi connectivity index (χ0n) is 9.25. The Bertz CT molecular complexity index is 882. The molecule has 3 rings (SSSR count). The fraction of sp³-hybridized carbons (Fsp3) is 0. The van der Waals surface area contributed by atoms with E-state index in [0.29, 0.717) is 20.3 Å². The number of nitriles is 1. The lowest BCUT2D eigenvalue weighted by molar-refractivity contribution is -0.382. The summed E-state index contributed by atoms with van der Waals surface area (Å²) < 4.78 is 1.26. The van der Waals surface area contributed by atoms with E-state index >= 15 is 0 Å². The summed E-state index contributed by atoms with van der Waals surface area (Å²) in [5.41, 5.74) is 0.895. The number of fused-ring (bicyclic) bond motifs is 3. The molecule has 5 nitrogen and oxygen atoms in total. The molecular weight excluding hydrogens is 286 g/mol. The third kappa shape index (κ3) is 1.71. The molecule has 0 fully saturated rings. The number of non-ortho nitro benzene ring substituents is 1. The Labute approximate surface area is 115 Å². The van der Waals surface area contributed by atoms with Gasteiger partial charge in [0, 0.05) is 11.5 Å². The maximum Gasteiger partial charge on any atom is 0.287 e. The van der Waals surface area contributed by atoms with Crippen molar-refractivity contribution in [1.29, 1.82) is 5.26 Å². The third-order valence-corrected chi connectivity index (χ3v) is 4.17. The van der Waals surface area contributed by atoms with E-state index in [4.69, 9.17) is 16.9 Å². The molecule has 2 aromatic heterocycles. The van der Waals surface area contributed by atoms with Gasteiger partial charge < -0.3 is 0 Å². The van der Waals surface area contributed by atoms with Gasteiger partial charge in [-0.1, -0.05) is 23.7 Å². The SMILES string of the molecule is N#Cc1cc2sc3c([N+](=O)[O-])cccc3c2nc1Cl. The summed E-state index contributed by atoms with van der Waals surface area (Å²) in [7, 11) is 0. The molecule has 0 atom stereocenters. The van der Waals surface area contributed by atoms with Crippen molar-refractivity contribution < 1.29 is 4.92 Å². The van der Waals surface area contributed by atoms with Gasteiger partial charge in [-0.15, -0.1) is 11.3 Å². The molecular formula is C12H4ClN3O2S.